The summed E-state index contributed by atoms with van der Waals surface area (Å²) in [5, 5.41) is 4.56. The molecule has 0 fully saturated rings. The Morgan fingerprint density at radius 3 is 2.52 bits per heavy atom. The number of rotatable bonds is 6. The summed E-state index contributed by atoms with van der Waals surface area (Å²) < 4.78 is 10.7. The molecule has 0 aliphatic heterocycles. The Labute approximate surface area is 189 Å². The molecule has 31 heavy (non-hydrogen) atoms. The summed E-state index contributed by atoms with van der Waals surface area (Å²) >= 11 is 11.9. The topological polar surface area (TPSA) is 77.0 Å². The van der Waals surface area contributed by atoms with Crippen molar-refractivity contribution in [3.8, 4) is 11.5 Å². The Morgan fingerprint density at radius 2 is 1.81 bits per heavy atom. The molecule has 8 heteroatoms. The van der Waals surface area contributed by atoms with Crippen LogP contribution < -0.4 is 14.9 Å². The second-order valence-corrected chi connectivity index (χ2v) is 7.34. The third kappa shape index (κ3) is 5.84. The van der Waals surface area contributed by atoms with E-state index in [0.717, 1.165) is 5.56 Å². The molecule has 0 saturated carbocycles. The number of hydrogen-bond donors (Lipinski definition) is 1. The normalized spacial score (nSPS) is 10.7. The molecule has 158 valence electrons. The van der Waals surface area contributed by atoms with Crippen molar-refractivity contribution in [3.63, 3.8) is 0 Å². The van der Waals surface area contributed by atoms with E-state index in [9.17, 15) is 9.59 Å². The van der Waals surface area contributed by atoms with Gasteiger partial charge in [-0.3, -0.25) is 4.79 Å². The first-order valence-corrected chi connectivity index (χ1v) is 9.88. The zero-order chi connectivity index (χ0) is 22.4. The van der Waals surface area contributed by atoms with E-state index in [-0.39, 0.29) is 22.2 Å². The van der Waals surface area contributed by atoms with E-state index in [2.05, 4.69) is 10.5 Å². The number of hydrogen-bond acceptors (Lipinski definition) is 5. The lowest BCUT2D eigenvalue weighted by Gasteiger charge is -2.10. The fraction of sp³-hybridized carbons (Fsp3) is 0.0870. The fourth-order valence-corrected chi connectivity index (χ4v) is 3.16. The fourth-order valence-electron chi connectivity index (χ4n) is 2.67. The number of ether oxygens (including phenoxy) is 2. The lowest BCUT2D eigenvalue weighted by Crippen LogP contribution is -2.17. The van der Waals surface area contributed by atoms with Crippen LogP contribution in [0, 0.1) is 6.92 Å². The van der Waals surface area contributed by atoms with Crippen LogP contribution in [0.4, 0.5) is 0 Å². The molecule has 1 amide bonds. The van der Waals surface area contributed by atoms with Gasteiger partial charge in [-0.05, 0) is 61.0 Å². The smallest absolute Gasteiger partial charge is 0.345 e. The first-order valence-electron chi connectivity index (χ1n) is 9.12. The van der Waals surface area contributed by atoms with Crippen LogP contribution in [0.15, 0.2) is 65.8 Å². The van der Waals surface area contributed by atoms with Gasteiger partial charge < -0.3 is 9.47 Å². The molecular formula is C23H18Cl2N2O4. The highest BCUT2D eigenvalue weighted by atomic mass is 35.5. The lowest BCUT2D eigenvalue weighted by atomic mass is 10.1. The quantitative estimate of drug-likeness (QED) is 0.236. The molecule has 0 unspecified atom stereocenters. The maximum atomic E-state index is 12.4. The minimum atomic E-state index is -0.646. The second kappa shape index (κ2) is 10.1. The van der Waals surface area contributed by atoms with Gasteiger partial charge in [0, 0.05) is 10.6 Å². The summed E-state index contributed by atoms with van der Waals surface area (Å²) in [6.45, 7) is 1.90. The van der Waals surface area contributed by atoms with Gasteiger partial charge in [0.05, 0.1) is 23.9 Å². The number of benzene rings is 3. The maximum Gasteiger partial charge on any atom is 0.345 e. The van der Waals surface area contributed by atoms with Crippen LogP contribution in [0.2, 0.25) is 10.0 Å². The number of nitrogens with zero attached hydrogens (tertiary/aromatic N) is 1. The molecule has 0 radical (unpaired) electrons. The highest BCUT2D eigenvalue weighted by Crippen LogP contribution is 2.29. The van der Waals surface area contributed by atoms with Crippen molar-refractivity contribution in [2.45, 2.75) is 6.92 Å². The number of carbonyl (C=O) groups excluding carboxylic acids is 2. The van der Waals surface area contributed by atoms with E-state index in [1.165, 1.54) is 25.5 Å². The lowest BCUT2D eigenvalue weighted by molar-refractivity contribution is 0.0729. The van der Waals surface area contributed by atoms with Crippen molar-refractivity contribution in [2.75, 3.05) is 7.11 Å². The van der Waals surface area contributed by atoms with Crippen molar-refractivity contribution in [1.82, 2.24) is 5.43 Å². The Balaban J connectivity index is 1.70. The predicted molar refractivity (Wildman–Crippen MR) is 121 cm³/mol. The van der Waals surface area contributed by atoms with Crippen LogP contribution >= 0.6 is 23.2 Å². The van der Waals surface area contributed by atoms with Crippen molar-refractivity contribution < 1.29 is 19.1 Å². The second-order valence-electron chi connectivity index (χ2n) is 6.49. The van der Waals surface area contributed by atoms with E-state index in [1.807, 2.05) is 13.0 Å². The molecule has 0 atom stereocenters. The zero-order valence-corrected chi connectivity index (χ0v) is 18.2. The summed E-state index contributed by atoms with van der Waals surface area (Å²) in [5.74, 6) is -0.448. The molecule has 0 aliphatic rings. The van der Waals surface area contributed by atoms with Crippen molar-refractivity contribution in [3.05, 3.63) is 93.0 Å². The predicted octanol–water partition coefficient (Wildman–Crippen LogP) is 5.29. The van der Waals surface area contributed by atoms with E-state index >= 15 is 0 Å². The molecule has 0 aromatic heterocycles. The number of methoxy groups -OCH3 is 1. The van der Waals surface area contributed by atoms with Crippen molar-refractivity contribution >= 4 is 41.3 Å². The van der Waals surface area contributed by atoms with Gasteiger partial charge >= 0.3 is 5.97 Å². The van der Waals surface area contributed by atoms with Gasteiger partial charge in [0.25, 0.3) is 5.91 Å². The molecule has 0 saturated heterocycles. The standard InChI is InChI=1S/C23H18Cl2N2O4/c1-14-4-3-5-16(10-14)22(28)27-26-13-15-6-9-20(21(11-15)30-2)31-23(29)18-8-7-17(24)12-19(18)25/h3-13H,1-2H3,(H,27,28)/b26-13+. The molecule has 0 heterocycles. The molecule has 0 aliphatic carbocycles. The third-order valence-corrected chi connectivity index (χ3v) is 4.75. The van der Waals surface area contributed by atoms with Crippen LogP contribution in [-0.4, -0.2) is 25.2 Å². The minimum absolute atomic E-state index is 0.178. The van der Waals surface area contributed by atoms with Crippen LogP contribution in [0.5, 0.6) is 11.5 Å². The molecule has 3 rings (SSSR count). The molecule has 3 aromatic rings. The highest BCUT2D eigenvalue weighted by molar-refractivity contribution is 6.36. The number of nitrogens with one attached hydrogen (secondary N) is 1. The van der Waals surface area contributed by atoms with Gasteiger partial charge in [0.1, 0.15) is 0 Å². The van der Waals surface area contributed by atoms with Crippen LogP contribution in [0.1, 0.15) is 31.8 Å². The summed E-state index contributed by atoms with van der Waals surface area (Å²) in [6, 6.07) is 16.5. The van der Waals surface area contributed by atoms with E-state index in [0.29, 0.717) is 21.9 Å². The summed E-state index contributed by atoms with van der Waals surface area (Å²) in [5.41, 5.74) is 4.77. The van der Waals surface area contributed by atoms with Gasteiger partial charge in [-0.15, -0.1) is 0 Å². The van der Waals surface area contributed by atoms with Gasteiger partial charge in [0.15, 0.2) is 11.5 Å². The summed E-state index contributed by atoms with van der Waals surface area (Å²) in [6.07, 6.45) is 1.46. The first kappa shape index (κ1) is 22.3. The first-order chi connectivity index (χ1) is 14.9. The van der Waals surface area contributed by atoms with Gasteiger partial charge in [-0.1, -0.05) is 40.9 Å². The molecule has 0 spiro atoms. The van der Waals surface area contributed by atoms with Crippen molar-refractivity contribution in [2.24, 2.45) is 5.10 Å². The average molecular weight is 457 g/mol. The van der Waals surface area contributed by atoms with Gasteiger partial charge in [-0.2, -0.15) is 5.10 Å². The largest absolute Gasteiger partial charge is 0.493 e. The SMILES string of the molecule is COc1cc(/C=N/NC(=O)c2cccc(C)c2)ccc1OC(=O)c1ccc(Cl)cc1Cl. The van der Waals surface area contributed by atoms with Crippen molar-refractivity contribution in [1.29, 1.82) is 0 Å². The monoisotopic (exact) mass is 456 g/mol. The molecule has 6 nitrogen and oxygen atoms in total. The number of halogens is 2. The number of esters is 1. The summed E-state index contributed by atoms with van der Waals surface area (Å²) in [4.78, 5) is 24.6. The number of carbonyl (C=O) groups is 2. The minimum Gasteiger partial charge on any atom is -0.493 e. The summed E-state index contributed by atoms with van der Waals surface area (Å²) in [7, 11) is 1.45. The van der Waals surface area contributed by atoms with Gasteiger partial charge in [0.2, 0.25) is 0 Å². The van der Waals surface area contributed by atoms with Crippen LogP contribution in [-0.2, 0) is 0 Å². The highest BCUT2D eigenvalue weighted by Gasteiger charge is 2.16. The van der Waals surface area contributed by atoms with Gasteiger partial charge in [-0.25, -0.2) is 10.2 Å². The van der Waals surface area contributed by atoms with E-state index in [1.54, 1.807) is 42.5 Å². The third-order valence-electron chi connectivity index (χ3n) is 4.20. The Morgan fingerprint density at radius 1 is 1.00 bits per heavy atom. The van der Waals surface area contributed by atoms with E-state index in [4.69, 9.17) is 32.7 Å². The Hall–Kier alpha value is -3.35. The molecule has 0 bridgehead atoms. The molecular weight excluding hydrogens is 439 g/mol. The Bertz CT molecular complexity index is 1160. The molecule has 1 N–H and O–H groups in total. The number of hydrazone groups is 1. The maximum absolute atomic E-state index is 12.4. The number of aryl methyl sites for hydroxylation is 1. The zero-order valence-electron chi connectivity index (χ0n) is 16.7. The van der Waals surface area contributed by atoms with Crippen LogP contribution in [0.25, 0.3) is 0 Å². The van der Waals surface area contributed by atoms with E-state index < -0.39 is 5.97 Å². The average Bonchev–Trinajstić information content (AvgIpc) is 2.74. The Kier molecular flexibility index (Phi) is 7.28. The molecule has 3 aromatic carbocycles. The number of amides is 1. The van der Waals surface area contributed by atoms with Crippen LogP contribution in [0.3, 0.4) is 0 Å².